The third kappa shape index (κ3) is 4.62. The summed E-state index contributed by atoms with van der Waals surface area (Å²) in [5.74, 6) is -1.05. The highest BCUT2D eigenvalue weighted by atomic mass is 32.2. The summed E-state index contributed by atoms with van der Waals surface area (Å²) in [4.78, 5) is 14.3. The number of ether oxygens (including phenoxy) is 1. The van der Waals surface area contributed by atoms with Gasteiger partial charge in [-0.25, -0.2) is 18.1 Å². The number of carboxylic acids is 1. The summed E-state index contributed by atoms with van der Waals surface area (Å²) < 4.78 is 32.5. The normalized spacial score (nSPS) is 13.4. The zero-order chi connectivity index (χ0) is 14.5. The van der Waals surface area contributed by atoms with Crippen molar-refractivity contribution in [2.24, 2.45) is 0 Å². The Labute approximate surface area is 111 Å². The maximum atomic E-state index is 11.9. The molecule has 0 aromatic carbocycles. The number of carbonyl (C=O) groups is 1. The average molecular weight is 291 g/mol. The monoisotopic (exact) mass is 291 g/mol. The van der Waals surface area contributed by atoms with E-state index < -0.39 is 22.1 Å². The van der Waals surface area contributed by atoms with Gasteiger partial charge in [-0.1, -0.05) is 0 Å². The first-order chi connectivity index (χ1) is 8.89. The summed E-state index contributed by atoms with van der Waals surface area (Å²) >= 11 is 0. The van der Waals surface area contributed by atoms with Crippen LogP contribution in [0.15, 0.2) is 17.6 Å². The molecule has 108 valence electrons. The van der Waals surface area contributed by atoms with E-state index in [-0.39, 0.29) is 18.0 Å². The Morgan fingerprint density at radius 3 is 2.79 bits per heavy atom. The molecule has 1 aromatic heterocycles. The quantitative estimate of drug-likeness (QED) is 0.678. The molecule has 1 unspecified atom stereocenters. The van der Waals surface area contributed by atoms with Crippen molar-refractivity contribution >= 4 is 16.0 Å². The molecule has 1 rings (SSSR count). The van der Waals surface area contributed by atoms with E-state index in [4.69, 9.17) is 9.84 Å². The maximum Gasteiger partial charge on any atom is 0.306 e. The third-order valence-electron chi connectivity index (χ3n) is 2.49. The summed E-state index contributed by atoms with van der Waals surface area (Å²) in [6, 6.07) is 0. The summed E-state index contributed by atoms with van der Waals surface area (Å²) in [6.07, 6.45) is 1.82. The largest absolute Gasteiger partial charge is 0.481 e. The Morgan fingerprint density at radius 2 is 2.32 bits per heavy atom. The molecule has 19 heavy (non-hydrogen) atoms. The van der Waals surface area contributed by atoms with Gasteiger partial charge in [-0.05, 0) is 6.92 Å². The lowest BCUT2D eigenvalue weighted by Crippen LogP contribution is -2.34. The molecule has 1 aromatic rings. The van der Waals surface area contributed by atoms with Gasteiger partial charge in [0.25, 0.3) is 10.0 Å². The fourth-order valence-electron chi connectivity index (χ4n) is 1.36. The van der Waals surface area contributed by atoms with Crippen molar-refractivity contribution in [3.8, 4) is 0 Å². The van der Waals surface area contributed by atoms with Crippen LogP contribution in [-0.4, -0.2) is 48.8 Å². The van der Waals surface area contributed by atoms with Crippen LogP contribution < -0.4 is 4.72 Å². The number of nitrogens with zero attached hydrogens (tertiary/aromatic N) is 2. The summed E-state index contributed by atoms with van der Waals surface area (Å²) in [5, 5.41) is 8.53. The SMILES string of the molecule is CCn1cnc(S(=O)(=O)NCC(CC(=O)O)OC)c1. The maximum absolute atomic E-state index is 11.9. The summed E-state index contributed by atoms with van der Waals surface area (Å²) in [6.45, 7) is 2.35. The molecule has 0 aliphatic carbocycles. The number of hydrogen-bond acceptors (Lipinski definition) is 5. The number of hydrogen-bond donors (Lipinski definition) is 2. The molecule has 0 saturated carbocycles. The smallest absolute Gasteiger partial charge is 0.306 e. The van der Waals surface area contributed by atoms with Crippen LogP contribution in [0.4, 0.5) is 0 Å². The molecule has 0 bridgehead atoms. The fraction of sp³-hybridized carbons (Fsp3) is 0.600. The Hall–Kier alpha value is -1.45. The number of methoxy groups -OCH3 is 1. The van der Waals surface area contributed by atoms with Crippen LogP contribution in [-0.2, 0) is 26.1 Å². The standard InChI is InChI=1S/C10H17N3O5S/c1-3-13-6-9(11-7-13)19(16,17)12-5-8(18-2)4-10(14)15/h6-8,12H,3-5H2,1-2H3,(H,14,15). The van der Waals surface area contributed by atoms with Gasteiger partial charge >= 0.3 is 5.97 Å². The average Bonchev–Trinajstić information content (AvgIpc) is 2.83. The van der Waals surface area contributed by atoms with Gasteiger partial charge < -0.3 is 14.4 Å². The molecule has 0 saturated heterocycles. The van der Waals surface area contributed by atoms with Crippen LogP contribution in [0, 0.1) is 0 Å². The van der Waals surface area contributed by atoms with E-state index in [1.54, 1.807) is 4.57 Å². The molecule has 0 spiro atoms. The van der Waals surface area contributed by atoms with E-state index in [0.29, 0.717) is 6.54 Å². The Balaban J connectivity index is 2.66. The van der Waals surface area contributed by atoms with E-state index in [1.807, 2.05) is 6.92 Å². The lowest BCUT2D eigenvalue weighted by atomic mass is 10.2. The summed E-state index contributed by atoms with van der Waals surface area (Å²) in [5.41, 5.74) is 0. The first-order valence-corrected chi connectivity index (χ1v) is 7.13. The molecule has 0 fully saturated rings. The topological polar surface area (TPSA) is 111 Å². The van der Waals surface area contributed by atoms with E-state index in [2.05, 4.69) is 9.71 Å². The number of aliphatic carboxylic acids is 1. The van der Waals surface area contributed by atoms with Gasteiger partial charge in [0, 0.05) is 26.4 Å². The minimum absolute atomic E-state index is 0.0977. The molecule has 1 heterocycles. The van der Waals surface area contributed by atoms with Crippen molar-refractivity contribution in [3.05, 3.63) is 12.5 Å². The Morgan fingerprint density at radius 1 is 1.63 bits per heavy atom. The number of imidazole rings is 1. The van der Waals surface area contributed by atoms with E-state index in [9.17, 15) is 13.2 Å². The first kappa shape index (κ1) is 15.6. The highest BCUT2D eigenvalue weighted by Crippen LogP contribution is 2.06. The van der Waals surface area contributed by atoms with Crippen molar-refractivity contribution in [2.45, 2.75) is 31.0 Å². The molecule has 2 N–H and O–H groups in total. The van der Waals surface area contributed by atoms with Crippen molar-refractivity contribution in [1.29, 1.82) is 0 Å². The highest BCUT2D eigenvalue weighted by Gasteiger charge is 2.20. The molecular formula is C10H17N3O5S. The second-order valence-corrected chi connectivity index (χ2v) is 5.56. The van der Waals surface area contributed by atoms with Crippen molar-refractivity contribution < 1.29 is 23.1 Å². The fourth-order valence-corrected chi connectivity index (χ4v) is 2.37. The molecule has 0 aliphatic rings. The van der Waals surface area contributed by atoms with Crippen molar-refractivity contribution in [2.75, 3.05) is 13.7 Å². The van der Waals surface area contributed by atoms with Gasteiger partial charge in [-0.2, -0.15) is 0 Å². The zero-order valence-electron chi connectivity index (χ0n) is 10.7. The number of aryl methyl sites for hydroxylation is 1. The van der Waals surface area contributed by atoms with Crippen molar-refractivity contribution in [3.63, 3.8) is 0 Å². The number of nitrogens with one attached hydrogen (secondary N) is 1. The molecule has 8 nitrogen and oxygen atoms in total. The number of rotatable bonds is 8. The second kappa shape index (κ2) is 6.64. The van der Waals surface area contributed by atoms with Crippen LogP contribution >= 0.6 is 0 Å². The minimum Gasteiger partial charge on any atom is -0.481 e. The van der Waals surface area contributed by atoms with Crippen LogP contribution in [0.5, 0.6) is 0 Å². The van der Waals surface area contributed by atoms with Gasteiger partial charge in [-0.3, -0.25) is 4.79 Å². The number of aromatic nitrogens is 2. The van der Waals surface area contributed by atoms with E-state index in [0.717, 1.165) is 0 Å². The van der Waals surface area contributed by atoms with Crippen molar-refractivity contribution in [1.82, 2.24) is 14.3 Å². The Kier molecular flexibility index (Phi) is 5.45. The van der Waals surface area contributed by atoms with Gasteiger partial charge in [0.05, 0.1) is 18.9 Å². The molecule has 0 aliphatic heterocycles. The van der Waals surface area contributed by atoms with Gasteiger partial charge in [0.1, 0.15) is 0 Å². The third-order valence-corrected chi connectivity index (χ3v) is 3.79. The van der Waals surface area contributed by atoms with Crippen LogP contribution in [0.1, 0.15) is 13.3 Å². The molecule has 9 heteroatoms. The predicted octanol–water partition coefficient (Wildman–Crippen LogP) is -0.329. The number of carboxylic acid groups (broad SMARTS) is 1. The van der Waals surface area contributed by atoms with E-state index >= 15 is 0 Å². The Bertz CT molecular complexity index is 525. The van der Waals surface area contributed by atoms with Crippen LogP contribution in [0.3, 0.4) is 0 Å². The number of sulfonamides is 1. The zero-order valence-corrected chi connectivity index (χ0v) is 11.6. The lowest BCUT2D eigenvalue weighted by Gasteiger charge is -2.13. The van der Waals surface area contributed by atoms with Crippen LogP contribution in [0.25, 0.3) is 0 Å². The molecule has 0 radical (unpaired) electrons. The van der Waals surface area contributed by atoms with Crippen LogP contribution in [0.2, 0.25) is 0 Å². The minimum atomic E-state index is -3.75. The van der Waals surface area contributed by atoms with Gasteiger partial charge in [-0.15, -0.1) is 0 Å². The van der Waals surface area contributed by atoms with Gasteiger partial charge in [0.2, 0.25) is 0 Å². The summed E-state index contributed by atoms with van der Waals surface area (Å²) in [7, 11) is -2.42. The predicted molar refractivity (Wildman–Crippen MR) is 66.1 cm³/mol. The van der Waals surface area contributed by atoms with Gasteiger partial charge in [0.15, 0.2) is 5.03 Å². The van der Waals surface area contributed by atoms with E-state index in [1.165, 1.54) is 19.6 Å². The molecule has 1 atom stereocenters. The first-order valence-electron chi connectivity index (χ1n) is 5.65. The molecular weight excluding hydrogens is 274 g/mol. The lowest BCUT2D eigenvalue weighted by molar-refractivity contribution is -0.139. The second-order valence-electron chi connectivity index (χ2n) is 3.85. The molecule has 0 amide bonds. The highest BCUT2D eigenvalue weighted by molar-refractivity contribution is 7.89.